The molecule has 0 aromatic heterocycles. The van der Waals surface area contributed by atoms with Crippen LogP contribution in [0.4, 0.5) is 0 Å². The summed E-state index contributed by atoms with van der Waals surface area (Å²) in [5.41, 5.74) is 0. The lowest BCUT2D eigenvalue weighted by Crippen LogP contribution is -2.12. The van der Waals surface area contributed by atoms with Gasteiger partial charge in [-0.25, -0.2) is 0 Å². The van der Waals surface area contributed by atoms with E-state index in [2.05, 4.69) is 13.8 Å². The monoisotopic (exact) mass is 140 g/mol. The molecule has 10 heavy (non-hydrogen) atoms. The molecule has 1 fully saturated rings. The molecule has 0 unspecified atom stereocenters. The van der Waals surface area contributed by atoms with Gasteiger partial charge < -0.3 is 0 Å². The summed E-state index contributed by atoms with van der Waals surface area (Å²) >= 11 is 0. The van der Waals surface area contributed by atoms with Gasteiger partial charge in [-0.3, -0.25) is 0 Å². The third kappa shape index (κ3) is 2.00. The Kier molecular flexibility index (Phi) is 3.24. The molecule has 0 heterocycles. The molecule has 0 N–H and O–H groups in total. The summed E-state index contributed by atoms with van der Waals surface area (Å²) in [4.78, 5) is 0. The van der Waals surface area contributed by atoms with E-state index in [1.54, 1.807) is 0 Å². The zero-order valence-electron chi connectivity index (χ0n) is 7.40. The Labute approximate surface area is 65.0 Å². The van der Waals surface area contributed by atoms with Crippen LogP contribution < -0.4 is 0 Å². The van der Waals surface area contributed by atoms with E-state index in [1.165, 1.54) is 38.5 Å². The summed E-state index contributed by atoms with van der Waals surface area (Å²) in [5.74, 6) is 2.14. The second-order valence-electron chi connectivity index (χ2n) is 3.70. The summed E-state index contributed by atoms with van der Waals surface area (Å²) in [6.45, 7) is 4.66. The normalized spacial score (nSPS) is 34.2. The maximum absolute atomic E-state index is 2.33. The van der Waals surface area contributed by atoms with Crippen molar-refractivity contribution in [2.75, 3.05) is 0 Å². The van der Waals surface area contributed by atoms with E-state index in [1.807, 2.05) is 0 Å². The van der Waals surface area contributed by atoms with Crippen LogP contribution in [0.3, 0.4) is 0 Å². The predicted molar refractivity (Wildman–Crippen MR) is 46.0 cm³/mol. The molecule has 0 heteroatoms. The highest BCUT2D eigenvalue weighted by atomic mass is 14.2. The molecule has 0 radical (unpaired) electrons. The van der Waals surface area contributed by atoms with Crippen LogP contribution in [0.5, 0.6) is 0 Å². The summed E-state index contributed by atoms with van der Waals surface area (Å²) in [6.07, 6.45) is 8.86. The molecule has 1 aliphatic carbocycles. The Balaban J connectivity index is 2.17. The molecule has 0 saturated heterocycles. The van der Waals surface area contributed by atoms with Gasteiger partial charge in [0.25, 0.3) is 0 Å². The molecule has 0 spiro atoms. The molecular formula is C10H20. The van der Waals surface area contributed by atoms with E-state index in [-0.39, 0.29) is 0 Å². The largest absolute Gasteiger partial charge is 0.0651 e. The molecule has 0 bridgehead atoms. The lowest BCUT2D eigenvalue weighted by Gasteiger charge is -2.26. The fraction of sp³-hybridized carbons (Fsp3) is 1.00. The third-order valence-corrected chi connectivity index (χ3v) is 3.12. The molecule has 1 aliphatic rings. The quantitative estimate of drug-likeness (QED) is 0.549. The van der Waals surface area contributed by atoms with Crippen molar-refractivity contribution in [2.45, 2.75) is 52.4 Å². The fourth-order valence-electron chi connectivity index (χ4n) is 2.05. The van der Waals surface area contributed by atoms with Gasteiger partial charge in [0.05, 0.1) is 0 Å². The molecule has 60 valence electrons. The Morgan fingerprint density at radius 2 is 1.10 bits per heavy atom. The van der Waals surface area contributed by atoms with Gasteiger partial charge in [0, 0.05) is 0 Å². The molecular weight excluding hydrogens is 120 g/mol. The second-order valence-corrected chi connectivity index (χ2v) is 3.70. The highest BCUT2D eigenvalue weighted by Gasteiger charge is 2.17. The van der Waals surface area contributed by atoms with Crippen molar-refractivity contribution in [1.29, 1.82) is 0 Å². The third-order valence-electron chi connectivity index (χ3n) is 3.12. The lowest BCUT2D eigenvalue weighted by molar-refractivity contribution is 0.264. The lowest BCUT2D eigenvalue weighted by atomic mass is 9.80. The van der Waals surface area contributed by atoms with Gasteiger partial charge >= 0.3 is 0 Å². The standard InChI is InChI=1S/C10H20/c1-3-9-5-7-10(4-2)8-6-9/h9-10H,3-8H2,1-2H3. The van der Waals surface area contributed by atoms with Crippen molar-refractivity contribution < 1.29 is 0 Å². The van der Waals surface area contributed by atoms with E-state index < -0.39 is 0 Å². The van der Waals surface area contributed by atoms with Gasteiger partial charge in [-0.15, -0.1) is 0 Å². The van der Waals surface area contributed by atoms with E-state index in [4.69, 9.17) is 0 Å². The molecule has 0 amide bonds. The Morgan fingerprint density at radius 1 is 0.800 bits per heavy atom. The van der Waals surface area contributed by atoms with Crippen molar-refractivity contribution in [3.63, 3.8) is 0 Å². The SMILES string of the molecule is CCC1CCC(CC)CC1. The van der Waals surface area contributed by atoms with Crippen molar-refractivity contribution in [3.8, 4) is 0 Å². The van der Waals surface area contributed by atoms with Crippen molar-refractivity contribution in [2.24, 2.45) is 11.8 Å². The topological polar surface area (TPSA) is 0 Å². The molecule has 0 nitrogen and oxygen atoms in total. The number of hydrogen-bond donors (Lipinski definition) is 0. The summed E-state index contributed by atoms with van der Waals surface area (Å²) in [6, 6.07) is 0. The van der Waals surface area contributed by atoms with Crippen molar-refractivity contribution in [1.82, 2.24) is 0 Å². The predicted octanol–water partition coefficient (Wildman–Crippen LogP) is 3.61. The van der Waals surface area contributed by atoms with Crippen LogP contribution >= 0.6 is 0 Å². The Hall–Kier alpha value is 0. The van der Waals surface area contributed by atoms with Gasteiger partial charge in [0.2, 0.25) is 0 Å². The van der Waals surface area contributed by atoms with Gasteiger partial charge in [-0.05, 0) is 11.8 Å². The highest BCUT2D eigenvalue weighted by Crippen LogP contribution is 2.31. The molecule has 0 aromatic carbocycles. The molecule has 0 aromatic rings. The molecule has 0 atom stereocenters. The summed E-state index contributed by atoms with van der Waals surface area (Å²) < 4.78 is 0. The average molecular weight is 140 g/mol. The van der Waals surface area contributed by atoms with Gasteiger partial charge in [-0.2, -0.15) is 0 Å². The average Bonchev–Trinajstić information content (AvgIpc) is 2.05. The first-order valence-corrected chi connectivity index (χ1v) is 4.86. The first-order chi connectivity index (χ1) is 4.86. The fourth-order valence-corrected chi connectivity index (χ4v) is 2.05. The van der Waals surface area contributed by atoms with Crippen LogP contribution in [-0.2, 0) is 0 Å². The minimum Gasteiger partial charge on any atom is -0.0651 e. The maximum Gasteiger partial charge on any atom is -0.0417 e. The molecule has 1 rings (SSSR count). The zero-order valence-corrected chi connectivity index (χ0v) is 7.40. The molecule has 0 aliphatic heterocycles. The number of rotatable bonds is 2. The van der Waals surface area contributed by atoms with Gasteiger partial charge in [-0.1, -0.05) is 52.4 Å². The van der Waals surface area contributed by atoms with Crippen molar-refractivity contribution in [3.05, 3.63) is 0 Å². The summed E-state index contributed by atoms with van der Waals surface area (Å²) in [5, 5.41) is 0. The zero-order chi connectivity index (χ0) is 7.40. The van der Waals surface area contributed by atoms with E-state index in [9.17, 15) is 0 Å². The van der Waals surface area contributed by atoms with Crippen LogP contribution in [-0.4, -0.2) is 0 Å². The van der Waals surface area contributed by atoms with Crippen LogP contribution in [0.2, 0.25) is 0 Å². The smallest absolute Gasteiger partial charge is 0.0417 e. The Bertz CT molecular complexity index is 66.0. The van der Waals surface area contributed by atoms with Crippen LogP contribution in [0.1, 0.15) is 52.4 Å². The first-order valence-electron chi connectivity index (χ1n) is 4.86. The van der Waals surface area contributed by atoms with E-state index in [0.717, 1.165) is 11.8 Å². The number of hydrogen-bond acceptors (Lipinski definition) is 0. The van der Waals surface area contributed by atoms with Crippen LogP contribution in [0, 0.1) is 11.8 Å². The minimum absolute atomic E-state index is 1.07. The summed E-state index contributed by atoms with van der Waals surface area (Å²) in [7, 11) is 0. The minimum atomic E-state index is 1.07. The van der Waals surface area contributed by atoms with Crippen LogP contribution in [0.25, 0.3) is 0 Å². The molecule has 1 saturated carbocycles. The second kappa shape index (κ2) is 4.00. The van der Waals surface area contributed by atoms with Crippen LogP contribution in [0.15, 0.2) is 0 Å². The highest BCUT2D eigenvalue weighted by molar-refractivity contribution is 4.70. The van der Waals surface area contributed by atoms with Crippen molar-refractivity contribution >= 4 is 0 Å². The van der Waals surface area contributed by atoms with Gasteiger partial charge in [0.1, 0.15) is 0 Å². The van der Waals surface area contributed by atoms with E-state index >= 15 is 0 Å². The van der Waals surface area contributed by atoms with Gasteiger partial charge in [0.15, 0.2) is 0 Å². The first kappa shape index (κ1) is 8.10. The van der Waals surface area contributed by atoms with E-state index in [0.29, 0.717) is 0 Å². The Morgan fingerprint density at radius 3 is 1.30 bits per heavy atom. The maximum atomic E-state index is 2.33.